The second-order valence-electron chi connectivity index (χ2n) is 6.47. The fourth-order valence-corrected chi connectivity index (χ4v) is 2.96. The maximum Gasteiger partial charge on any atom is 0.470 e. The summed E-state index contributed by atoms with van der Waals surface area (Å²) in [6.07, 6.45) is -3.40. The van der Waals surface area contributed by atoms with E-state index in [1.807, 2.05) is 31.1 Å². The minimum absolute atomic E-state index is 0.0715. The van der Waals surface area contributed by atoms with Gasteiger partial charge in [-0.05, 0) is 37.1 Å². The fraction of sp³-hybridized carbons (Fsp3) is 0.471. The van der Waals surface area contributed by atoms with Crippen LogP contribution >= 0.6 is 0 Å². The summed E-state index contributed by atoms with van der Waals surface area (Å²) in [5, 5.41) is 6.59. The van der Waals surface area contributed by atoms with Crippen molar-refractivity contribution in [3.05, 3.63) is 41.6 Å². The van der Waals surface area contributed by atoms with E-state index < -0.39 is 18.0 Å². The fourth-order valence-electron chi connectivity index (χ4n) is 2.96. The molecule has 1 aliphatic rings. The van der Waals surface area contributed by atoms with Crippen LogP contribution in [0.5, 0.6) is 0 Å². The topological polar surface area (TPSA) is 62.5 Å². The van der Waals surface area contributed by atoms with Gasteiger partial charge in [0.15, 0.2) is 0 Å². The Labute approximate surface area is 148 Å². The Bertz CT molecular complexity index is 771. The third-order valence-electron chi connectivity index (χ3n) is 4.37. The maximum absolute atomic E-state index is 12.7. The lowest BCUT2D eigenvalue weighted by Crippen LogP contribution is -2.39. The molecule has 6 nitrogen and oxygen atoms in total. The monoisotopic (exact) mass is 368 g/mol. The van der Waals surface area contributed by atoms with Crippen LogP contribution in [0.2, 0.25) is 0 Å². The van der Waals surface area contributed by atoms with Gasteiger partial charge in [0.2, 0.25) is 5.89 Å². The van der Waals surface area contributed by atoms with Crippen molar-refractivity contribution in [2.24, 2.45) is 0 Å². The molecular weight excluding hydrogens is 349 g/mol. The molecule has 0 N–H and O–H groups in total. The van der Waals surface area contributed by atoms with Gasteiger partial charge in [0, 0.05) is 38.4 Å². The average Bonchev–Trinajstić information content (AvgIpc) is 3.12. The minimum atomic E-state index is -4.66. The van der Waals surface area contributed by atoms with Crippen LogP contribution in [-0.2, 0) is 6.18 Å². The summed E-state index contributed by atoms with van der Waals surface area (Å²) in [5.41, 5.74) is 1.52. The predicted molar refractivity (Wildman–Crippen MR) is 87.9 cm³/mol. The molecule has 1 amide bonds. The summed E-state index contributed by atoms with van der Waals surface area (Å²) in [6.45, 7) is 0.804. The van der Waals surface area contributed by atoms with Crippen LogP contribution in [0.4, 0.5) is 18.9 Å². The predicted octanol–water partition coefficient (Wildman–Crippen LogP) is 3.17. The summed E-state index contributed by atoms with van der Waals surface area (Å²) >= 11 is 0. The van der Waals surface area contributed by atoms with Gasteiger partial charge in [0.05, 0.1) is 5.92 Å². The number of aromatic nitrogens is 2. The van der Waals surface area contributed by atoms with Crippen molar-refractivity contribution in [3.8, 4) is 0 Å². The van der Waals surface area contributed by atoms with Crippen LogP contribution in [-0.4, -0.2) is 48.2 Å². The molecule has 0 radical (unpaired) electrons. The summed E-state index contributed by atoms with van der Waals surface area (Å²) in [7, 11) is 3.82. The van der Waals surface area contributed by atoms with Crippen molar-refractivity contribution in [2.75, 3.05) is 32.1 Å². The minimum Gasteiger partial charge on any atom is -0.417 e. The number of anilines is 1. The van der Waals surface area contributed by atoms with Crippen LogP contribution in [0.1, 0.15) is 40.9 Å². The Morgan fingerprint density at radius 1 is 1.23 bits per heavy atom. The normalized spacial score (nSPS) is 18.0. The van der Waals surface area contributed by atoms with Gasteiger partial charge in [-0.3, -0.25) is 4.79 Å². The molecule has 9 heteroatoms. The van der Waals surface area contributed by atoms with Gasteiger partial charge in [-0.1, -0.05) is 0 Å². The van der Waals surface area contributed by atoms with Crippen molar-refractivity contribution in [3.63, 3.8) is 0 Å². The van der Waals surface area contributed by atoms with Gasteiger partial charge < -0.3 is 14.2 Å². The molecule has 1 unspecified atom stereocenters. The van der Waals surface area contributed by atoms with E-state index in [2.05, 4.69) is 10.2 Å². The zero-order chi connectivity index (χ0) is 18.9. The highest BCUT2D eigenvalue weighted by Crippen LogP contribution is 2.32. The molecule has 0 bridgehead atoms. The summed E-state index contributed by atoms with van der Waals surface area (Å²) in [4.78, 5) is 16.2. The van der Waals surface area contributed by atoms with E-state index in [1.165, 1.54) is 0 Å². The van der Waals surface area contributed by atoms with E-state index in [0.717, 1.165) is 5.69 Å². The molecule has 1 aromatic heterocycles. The Hall–Kier alpha value is -2.58. The van der Waals surface area contributed by atoms with Crippen molar-refractivity contribution >= 4 is 11.6 Å². The first-order valence-corrected chi connectivity index (χ1v) is 8.23. The number of alkyl halides is 3. The van der Waals surface area contributed by atoms with Crippen molar-refractivity contribution in [1.82, 2.24) is 15.1 Å². The number of nitrogens with zero attached hydrogens (tertiary/aromatic N) is 4. The molecule has 0 saturated carbocycles. The molecule has 1 aliphatic heterocycles. The second-order valence-corrected chi connectivity index (χ2v) is 6.47. The van der Waals surface area contributed by atoms with Gasteiger partial charge in [-0.2, -0.15) is 13.2 Å². The van der Waals surface area contributed by atoms with E-state index in [1.54, 1.807) is 17.0 Å². The van der Waals surface area contributed by atoms with Crippen molar-refractivity contribution < 1.29 is 22.4 Å². The molecule has 1 aromatic carbocycles. The molecule has 3 rings (SSSR count). The SMILES string of the molecule is CN(C)c1ccc(C(=O)N2CCCC(c3nnc(C(F)(F)F)o3)C2)cc1. The van der Waals surface area contributed by atoms with E-state index in [-0.39, 0.29) is 18.3 Å². The molecule has 2 aromatic rings. The molecule has 0 aliphatic carbocycles. The number of carbonyl (C=O) groups is 1. The molecule has 26 heavy (non-hydrogen) atoms. The summed E-state index contributed by atoms with van der Waals surface area (Å²) in [5.74, 6) is -1.97. The average molecular weight is 368 g/mol. The van der Waals surface area contributed by atoms with Crippen LogP contribution in [0.3, 0.4) is 0 Å². The van der Waals surface area contributed by atoms with Crippen LogP contribution in [0, 0.1) is 0 Å². The van der Waals surface area contributed by atoms with Crippen LogP contribution in [0.15, 0.2) is 28.7 Å². The Kier molecular flexibility index (Phi) is 4.88. The molecule has 1 saturated heterocycles. The number of amides is 1. The highest BCUT2D eigenvalue weighted by molar-refractivity contribution is 5.94. The van der Waals surface area contributed by atoms with Gasteiger partial charge in [0.1, 0.15) is 0 Å². The Morgan fingerprint density at radius 2 is 1.92 bits per heavy atom. The Balaban J connectivity index is 1.71. The summed E-state index contributed by atoms with van der Waals surface area (Å²) in [6, 6.07) is 7.19. The zero-order valence-electron chi connectivity index (χ0n) is 14.5. The molecule has 0 spiro atoms. The summed E-state index contributed by atoms with van der Waals surface area (Å²) < 4.78 is 42.6. The van der Waals surface area contributed by atoms with Gasteiger partial charge in [-0.25, -0.2) is 0 Å². The first-order valence-electron chi connectivity index (χ1n) is 8.23. The lowest BCUT2D eigenvalue weighted by Gasteiger charge is -2.31. The Morgan fingerprint density at radius 3 is 2.50 bits per heavy atom. The number of likely N-dealkylation sites (tertiary alicyclic amines) is 1. The molecule has 2 heterocycles. The molecular formula is C17H19F3N4O2. The third-order valence-corrected chi connectivity index (χ3v) is 4.37. The second kappa shape index (κ2) is 6.97. The van der Waals surface area contributed by atoms with E-state index >= 15 is 0 Å². The number of hydrogen-bond donors (Lipinski definition) is 0. The van der Waals surface area contributed by atoms with E-state index in [0.29, 0.717) is 24.9 Å². The number of rotatable bonds is 3. The van der Waals surface area contributed by atoms with E-state index in [4.69, 9.17) is 4.42 Å². The number of benzene rings is 1. The number of piperidine rings is 1. The van der Waals surface area contributed by atoms with Crippen molar-refractivity contribution in [1.29, 1.82) is 0 Å². The highest BCUT2D eigenvalue weighted by Gasteiger charge is 2.39. The van der Waals surface area contributed by atoms with Crippen LogP contribution in [0.25, 0.3) is 0 Å². The molecule has 140 valence electrons. The lowest BCUT2D eigenvalue weighted by atomic mass is 9.97. The lowest BCUT2D eigenvalue weighted by molar-refractivity contribution is -0.157. The first-order chi connectivity index (χ1) is 12.3. The number of hydrogen-bond acceptors (Lipinski definition) is 5. The number of carbonyl (C=O) groups excluding carboxylic acids is 1. The first kappa shape index (κ1) is 18.2. The van der Waals surface area contributed by atoms with Crippen molar-refractivity contribution in [2.45, 2.75) is 24.9 Å². The highest BCUT2D eigenvalue weighted by atomic mass is 19.4. The maximum atomic E-state index is 12.7. The van der Waals surface area contributed by atoms with Gasteiger partial charge in [-0.15, -0.1) is 10.2 Å². The molecule has 1 atom stereocenters. The standard InChI is InChI=1S/C17H19F3N4O2/c1-23(2)13-7-5-11(6-8-13)15(25)24-9-3-4-12(10-24)14-21-22-16(26-14)17(18,19)20/h5-8,12H,3-4,9-10H2,1-2H3. The van der Waals surface area contributed by atoms with Gasteiger partial charge >= 0.3 is 12.1 Å². The van der Waals surface area contributed by atoms with Crippen LogP contribution < -0.4 is 4.90 Å². The zero-order valence-corrected chi connectivity index (χ0v) is 14.5. The quantitative estimate of drug-likeness (QED) is 0.833. The largest absolute Gasteiger partial charge is 0.470 e. The smallest absolute Gasteiger partial charge is 0.417 e. The molecule has 1 fully saturated rings. The number of halogens is 3. The van der Waals surface area contributed by atoms with Gasteiger partial charge in [0.25, 0.3) is 5.91 Å². The van der Waals surface area contributed by atoms with E-state index in [9.17, 15) is 18.0 Å². The third kappa shape index (κ3) is 3.81.